The highest BCUT2D eigenvalue weighted by atomic mass is 32.2. The second-order valence-corrected chi connectivity index (χ2v) is 9.34. The number of hydrogen-bond acceptors (Lipinski definition) is 8. The van der Waals surface area contributed by atoms with Gasteiger partial charge in [-0.25, -0.2) is 9.78 Å². The van der Waals surface area contributed by atoms with Gasteiger partial charge in [-0.1, -0.05) is 13.8 Å². The average molecular weight is 503 g/mol. The first-order chi connectivity index (χ1) is 15.6. The number of nitrogens with two attached hydrogens (primary N) is 1. The average Bonchev–Trinajstić information content (AvgIpc) is 3.26. The molecule has 1 heterocycles. The molecule has 4 atom stereocenters. The molecule has 0 spiro atoms. The molecule has 0 saturated heterocycles. The fraction of sp³-hybridized carbons (Fsp3) is 0.650. The molecule has 0 unspecified atom stereocenters. The van der Waals surface area contributed by atoms with Crippen molar-refractivity contribution < 1.29 is 24.3 Å². The third-order valence-electron chi connectivity index (χ3n) is 4.70. The molecule has 186 valence electrons. The molecule has 3 amide bonds. The van der Waals surface area contributed by atoms with Gasteiger partial charge < -0.3 is 31.8 Å². The summed E-state index contributed by atoms with van der Waals surface area (Å²) < 4.78 is 0. The minimum absolute atomic E-state index is 0.0192. The number of H-pyrrole nitrogens is 1. The molecule has 11 nitrogen and oxygen atoms in total. The zero-order valence-electron chi connectivity index (χ0n) is 19.0. The van der Waals surface area contributed by atoms with Crippen molar-refractivity contribution in [2.45, 2.75) is 57.3 Å². The van der Waals surface area contributed by atoms with Crippen LogP contribution in [0.1, 0.15) is 32.4 Å². The number of carboxylic acid groups (broad SMARTS) is 1. The minimum atomic E-state index is -1.14. The molecule has 0 radical (unpaired) electrons. The fourth-order valence-electron chi connectivity index (χ4n) is 2.94. The molecule has 1 aromatic heterocycles. The van der Waals surface area contributed by atoms with Crippen LogP contribution in [-0.4, -0.2) is 80.7 Å². The van der Waals surface area contributed by atoms with Crippen LogP contribution in [0.3, 0.4) is 0 Å². The van der Waals surface area contributed by atoms with Crippen LogP contribution in [0, 0.1) is 5.92 Å². The van der Waals surface area contributed by atoms with Gasteiger partial charge in [0.15, 0.2) is 0 Å². The van der Waals surface area contributed by atoms with E-state index < -0.39 is 47.9 Å². The van der Waals surface area contributed by atoms with Crippen LogP contribution >= 0.6 is 24.4 Å². The van der Waals surface area contributed by atoms with Crippen LogP contribution in [0.2, 0.25) is 0 Å². The highest BCUT2D eigenvalue weighted by molar-refractivity contribution is 7.98. The molecule has 1 aromatic rings. The SMILES string of the molecule is CSCC[C@H](NC(=O)[C@H](CS)NC(=O)[C@@H](N)Cc1c[nH]cn1)C(=O)N[C@@H](CC(C)C)C(=O)O. The number of carboxylic acids is 1. The maximum Gasteiger partial charge on any atom is 0.326 e. The zero-order valence-corrected chi connectivity index (χ0v) is 20.7. The maximum atomic E-state index is 12.8. The van der Waals surface area contributed by atoms with E-state index in [1.165, 1.54) is 18.1 Å². The van der Waals surface area contributed by atoms with Gasteiger partial charge in [-0.05, 0) is 30.8 Å². The van der Waals surface area contributed by atoms with Crippen LogP contribution in [0.4, 0.5) is 0 Å². The molecular formula is C20H34N6O5S2. The van der Waals surface area contributed by atoms with Crippen molar-refractivity contribution in [3.05, 3.63) is 18.2 Å². The Morgan fingerprint density at radius 3 is 2.24 bits per heavy atom. The number of carbonyl (C=O) groups excluding carboxylic acids is 3. The lowest BCUT2D eigenvalue weighted by Crippen LogP contribution is -2.58. The molecule has 0 aromatic carbocycles. The summed E-state index contributed by atoms with van der Waals surface area (Å²) in [4.78, 5) is 56.3. The lowest BCUT2D eigenvalue weighted by Gasteiger charge is -2.25. The molecule has 0 aliphatic carbocycles. The number of aliphatic carboxylic acids is 1. The Morgan fingerprint density at radius 2 is 1.73 bits per heavy atom. The van der Waals surface area contributed by atoms with E-state index in [0.29, 0.717) is 17.9 Å². The summed E-state index contributed by atoms with van der Waals surface area (Å²) in [6, 6.07) is -3.98. The summed E-state index contributed by atoms with van der Waals surface area (Å²) >= 11 is 5.62. The molecule has 7 N–H and O–H groups in total. The quantitative estimate of drug-likeness (QED) is 0.158. The van der Waals surface area contributed by atoms with Crippen molar-refractivity contribution in [2.75, 3.05) is 17.8 Å². The normalized spacial score (nSPS) is 14.7. The topological polar surface area (TPSA) is 179 Å². The first kappa shape index (κ1) is 28.8. The van der Waals surface area contributed by atoms with Gasteiger partial charge in [-0.15, -0.1) is 0 Å². The Labute approximate surface area is 203 Å². The first-order valence-electron chi connectivity index (χ1n) is 10.6. The maximum absolute atomic E-state index is 12.8. The molecule has 0 aliphatic heterocycles. The van der Waals surface area contributed by atoms with Crippen LogP contribution in [0.25, 0.3) is 0 Å². The standard InChI is InChI=1S/C20H34N6O5S2/c1-11(2)6-15(20(30)31)25-18(28)14(4-5-33-3)24-19(29)16(9-32)26-17(27)13(21)7-12-8-22-10-23-12/h8,10-11,13-16,32H,4-7,9,21H2,1-3H3,(H,22,23)(H,24,29)(H,25,28)(H,26,27)(H,30,31)/t13-,14-,15-,16-/m0/s1. The number of imidazole rings is 1. The van der Waals surface area contributed by atoms with E-state index in [1.54, 1.807) is 6.20 Å². The summed E-state index contributed by atoms with van der Waals surface area (Å²) in [5.41, 5.74) is 6.51. The number of aromatic nitrogens is 2. The van der Waals surface area contributed by atoms with E-state index in [9.17, 15) is 24.3 Å². The van der Waals surface area contributed by atoms with Crippen molar-refractivity contribution in [1.82, 2.24) is 25.9 Å². The second-order valence-electron chi connectivity index (χ2n) is 7.99. The molecule has 0 saturated carbocycles. The number of aromatic amines is 1. The monoisotopic (exact) mass is 502 g/mol. The van der Waals surface area contributed by atoms with Crippen LogP contribution in [0.15, 0.2) is 12.5 Å². The van der Waals surface area contributed by atoms with E-state index in [1.807, 2.05) is 20.1 Å². The van der Waals surface area contributed by atoms with Crippen LogP contribution in [0.5, 0.6) is 0 Å². The molecule has 13 heteroatoms. The number of nitrogens with zero attached hydrogens (tertiary/aromatic N) is 1. The molecule has 0 aliphatic rings. The summed E-state index contributed by atoms with van der Waals surface area (Å²) in [5.74, 6) is -2.30. The molecular weight excluding hydrogens is 468 g/mol. The number of thioether (sulfide) groups is 1. The van der Waals surface area contributed by atoms with Crippen molar-refractivity contribution >= 4 is 48.1 Å². The fourth-order valence-corrected chi connectivity index (χ4v) is 3.66. The largest absolute Gasteiger partial charge is 0.480 e. The van der Waals surface area contributed by atoms with Crippen molar-refractivity contribution in [2.24, 2.45) is 11.7 Å². The molecule has 33 heavy (non-hydrogen) atoms. The van der Waals surface area contributed by atoms with Gasteiger partial charge in [0, 0.05) is 18.4 Å². The van der Waals surface area contributed by atoms with Crippen LogP contribution < -0.4 is 21.7 Å². The van der Waals surface area contributed by atoms with E-state index in [-0.39, 0.29) is 24.5 Å². The molecule has 0 fully saturated rings. The number of rotatable bonds is 15. The van der Waals surface area contributed by atoms with E-state index in [4.69, 9.17) is 5.73 Å². The second kappa shape index (κ2) is 14.8. The lowest BCUT2D eigenvalue weighted by molar-refractivity contribution is -0.142. The first-order valence-corrected chi connectivity index (χ1v) is 12.6. The van der Waals surface area contributed by atoms with Gasteiger partial charge in [0.2, 0.25) is 17.7 Å². The summed E-state index contributed by atoms with van der Waals surface area (Å²) in [7, 11) is 0. The van der Waals surface area contributed by atoms with E-state index in [2.05, 4.69) is 38.5 Å². The Kier molecular flexibility index (Phi) is 12.9. The van der Waals surface area contributed by atoms with Crippen LogP contribution in [-0.2, 0) is 25.6 Å². The summed E-state index contributed by atoms with van der Waals surface area (Å²) in [5, 5.41) is 17.1. The number of amides is 3. The predicted octanol–water partition coefficient (Wildman–Crippen LogP) is -0.452. The van der Waals surface area contributed by atoms with Gasteiger partial charge in [0.05, 0.1) is 18.1 Å². The molecule has 1 rings (SSSR count). The van der Waals surface area contributed by atoms with Crippen molar-refractivity contribution in [1.29, 1.82) is 0 Å². The van der Waals surface area contributed by atoms with E-state index >= 15 is 0 Å². The minimum Gasteiger partial charge on any atom is -0.480 e. The number of hydrogen-bond donors (Lipinski definition) is 7. The predicted molar refractivity (Wildman–Crippen MR) is 130 cm³/mol. The number of thiol groups is 1. The van der Waals surface area contributed by atoms with Crippen molar-refractivity contribution in [3.8, 4) is 0 Å². The summed E-state index contributed by atoms with van der Waals surface area (Å²) in [6.07, 6.45) is 5.68. The third-order valence-corrected chi connectivity index (χ3v) is 5.71. The Balaban J connectivity index is 2.79. The van der Waals surface area contributed by atoms with Gasteiger partial charge >= 0.3 is 5.97 Å². The number of nitrogens with one attached hydrogen (secondary N) is 4. The van der Waals surface area contributed by atoms with Gasteiger partial charge in [0.1, 0.15) is 18.1 Å². The van der Waals surface area contributed by atoms with Gasteiger partial charge in [-0.2, -0.15) is 24.4 Å². The van der Waals surface area contributed by atoms with Gasteiger partial charge in [0.25, 0.3) is 0 Å². The Bertz CT molecular complexity index is 777. The zero-order chi connectivity index (χ0) is 25.0. The van der Waals surface area contributed by atoms with E-state index in [0.717, 1.165) is 0 Å². The highest BCUT2D eigenvalue weighted by Gasteiger charge is 2.30. The summed E-state index contributed by atoms with van der Waals surface area (Å²) in [6.45, 7) is 3.71. The van der Waals surface area contributed by atoms with Gasteiger partial charge in [-0.3, -0.25) is 14.4 Å². The van der Waals surface area contributed by atoms with Crippen molar-refractivity contribution in [3.63, 3.8) is 0 Å². The number of carbonyl (C=O) groups is 4. The lowest BCUT2D eigenvalue weighted by atomic mass is 10.0. The Hall–Kier alpha value is -2.25. The highest BCUT2D eigenvalue weighted by Crippen LogP contribution is 2.08. The smallest absolute Gasteiger partial charge is 0.326 e. The third kappa shape index (κ3) is 10.5. The molecule has 0 bridgehead atoms. The Morgan fingerprint density at radius 1 is 1.12 bits per heavy atom.